The van der Waals surface area contributed by atoms with Gasteiger partial charge in [-0.15, -0.1) is 0 Å². The molecule has 14 heteroatoms. The number of ether oxygens (including phenoxy) is 1. The normalized spacial score (nSPS) is 19.6. The molecule has 1 saturated carbocycles. The van der Waals surface area contributed by atoms with Gasteiger partial charge in [-0.05, 0) is 31.9 Å². The first-order valence-corrected chi connectivity index (χ1v) is 14.1. The Morgan fingerprint density at radius 2 is 1.95 bits per heavy atom. The molecular weight excluding hydrogens is 546 g/mol. The van der Waals surface area contributed by atoms with Crippen LogP contribution in [-0.4, -0.2) is 99.9 Å². The van der Waals surface area contributed by atoms with E-state index >= 15 is 0 Å². The monoisotopic (exact) mass is 575 g/mol. The van der Waals surface area contributed by atoms with Gasteiger partial charge >= 0.3 is 0 Å². The quantitative estimate of drug-likeness (QED) is 0.426. The van der Waals surface area contributed by atoms with Crippen molar-refractivity contribution >= 4 is 46.4 Å². The molecule has 13 nitrogen and oxygen atoms in total. The van der Waals surface area contributed by atoms with E-state index in [0.29, 0.717) is 92.0 Å². The number of hydrogen-bond donors (Lipinski definition) is 2. The minimum absolute atomic E-state index is 0.0486. The Hall–Kier alpha value is -4.17. The van der Waals surface area contributed by atoms with E-state index in [9.17, 15) is 15.3 Å². The molecule has 2 aromatic heterocycles. The van der Waals surface area contributed by atoms with Crippen LogP contribution in [0.4, 0.5) is 23.3 Å². The van der Waals surface area contributed by atoms with E-state index in [1.54, 1.807) is 12.1 Å². The third-order valence-electron chi connectivity index (χ3n) is 7.57. The van der Waals surface area contributed by atoms with Crippen molar-refractivity contribution < 1.29 is 9.53 Å². The molecule has 3 aliphatic rings. The molecule has 2 saturated heterocycles. The van der Waals surface area contributed by atoms with Gasteiger partial charge in [0.25, 0.3) is 0 Å². The number of benzene rings is 1. The molecule has 3 fully saturated rings. The maximum Gasteiger partial charge on any atom is 0.236 e. The van der Waals surface area contributed by atoms with Gasteiger partial charge in [-0.3, -0.25) is 9.69 Å². The molecule has 2 aliphatic heterocycles. The standard InChI is InChI=1S/C27H30ClN11O2/c1-17-15-36(16-23(40)37-6-8-41-9-7-37)4-5-38(17)22-11-18(12-29)10-21(24(22)28)33-26-34-25-19(13-30)14-31-39(25)27(35-26)32-20-2-3-20/h10-11,14,17,20H,2-9,15-16H2,1H3,(H2,32,33,34,35)/t17-/m0/s1. The average Bonchev–Trinajstić information content (AvgIpc) is 3.70. The Bertz CT molecular complexity index is 1550. The number of nitrogens with one attached hydrogen (secondary N) is 2. The van der Waals surface area contributed by atoms with E-state index < -0.39 is 0 Å². The lowest BCUT2D eigenvalue weighted by Crippen LogP contribution is -2.55. The molecule has 0 radical (unpaired) electrons. The summed E-state index contributed by atoms with van der Waals surface area (Å²) in [6.07, 6.45) is 3.53. The predicted molar refractivity (Wildman–Crippen MR) is 152 cm³/mol. The van der Waals surface area contributed by atoms with Gasteiger partial charge in [-0.1, -0.05) is 11.6 Å². The van der Waals surface area contributed by atoms with Crippen molar-refractivity contribution in [3.63, 3.8) is 0 Å². The third kappa shape index (κ3) is 5.70. The highest BCUT2D eigenvalue weighted by Gasteiger charge is 2.29. The van der Waals surface area contributed by atoms with Crippen LogP contribution in [0.1, 0.15) is 30.9 Å². The number of nitrogens with zero attached hydrogens (tertiary/aromatic N) is 9. The summed E-state index contributed by atoms with van der Waals surface area (Å²) >= 11 is 6.96. The summed E-state index contributed by atoms with van der Waals surface area (Å²) < 4.78 is 6.88. The zero-order valence-corrected chi connectivity index (χ0v) is 23.4. The van der Waals surface area contributed by atoms with E-state index in [4.69, 9.17) is 16.3 Å². The number of hydrogen-bond acceptors (Lipinski definition) is 11. The highest BCUT2D eigenvalue weighted by Crippen LogP contribution is 2.37. The van der Waals surface area contributed by atoms with E-state index in [2.05, 4.69) is 54.6 Å². The van der Waals surface area contributed by atoms with E-state index in [1.165, 1.54) is 10.7 Å². The third-order valence-corrected chi connectivity index (χ3v) is 7.97. The molecule has 1 amide bonds. The number of halogens is 1. The number of nitriles is 2. The predicted octanol–water partition coefficient (Wildman–Crippen LogP) is 2.21. The zero-order chi connectivity index (χ0) is 28.5. The fourth-order valence-corrected chi connectivity index (χ4v) is 5.51. The molecule has 1 atom stereocenters. The van der Waals surface area contributed by atoms with Gasteiger partial charge in [-0.25, -0.2) is 0 Å². The van der Waals surface area contributed by atoms with Crippen molar-refractivity contribution in [3.8, 4) is 12.1 Å². The topological polar surface area (TPSA) is 151 Å². The summed E-state index contributed by atoms with van der Waals surface area (Å²) in [6, 6.07) is 8.15. The number of rotatable bonds is 7. The van der Waals surface area contributed by atoms with Crippen molar-refractivity contribution in [3.05, 3.63) is 34.5 Å². The molecule has 1 aliphatic carbocycles. The van der Waals surface area contributed by atoms with Gasteiger partial charge in [0, 0.05) is 44.8 Å². The Morgan fingerprint density at radius 3 is 2.66 bits per heavy atom. The summed E-state index contributed by atoms with van der Waals surface area (Å²) in [7, 11) is 0. The van der Waals surface area contributed by atoms with Crippen molar-refractivity contribution in [2.24, 2.45) is 0 Å². The molecule has 0 bridgehead atoms. The Balaban J connectivity index is 1.23. The van der Waals surface area contributed by atoms with Crippen LogP contribution in [0.5, 0.6) is 0 Å². The summed E-state index contributed by atoms with van der Waals surface area (Å²) in [4.78, 5) is 28.1. The van der Waals surface area contributed by atoms with Gasteiger partial charge in [-0.2, -0.15) is 30.1 Å². The molecule has 1 aromatic carbocycles. The van der Waals surface area contributed by atoms with Crippen LogP contribution < -0.4 is 15.5 Å². The summed E-state index contributed by atoms with van der Waals surface area (Å²) in [5.74, 6) is 0.834. The van der Waals surface area contributed by atoms with Crippen LogP contribution in [0.3, 0.4) is 0 Å². The largest absolute Gasteiger partial charge is 0.378 e. The lowest BCUT2D eigenvalue weighted by Gasteiger charge is -2.42. The number of anilines is 4. The van der Waals surface area contributed by atoms with Crippen molar-refractivity contribution in [1.82, 2.24) is 29.4 Å². The lowest BCUT2D eigenvalue weighted by atomic mass is 10.1. The van der Waals surface area contributed by atoms with Crippen LogP contribution in [0.2, 0.25) is 5.02 Å². The molecule has 0 unspecified atom stereocenters. The highest BCUT2D eigenvalue weighted by atomic mass is 35.5. The maximum atomic E-state index is 12.8. The van der Waals surface area contributed by atoms with E-state index in [-0.39, 0.29) is 17.9 Å². The summed E-state index contributed by atoms with van der Waals surface area (Å²) in [5.41, 5.74) is 2.34. The second-order valence-corrected chi connectivity index (χ2v) is 10.9. The van der Waals surface area contributed by atoms with Gasteiger partial charge in [0.05, 0.1) is 54.0 Å². The van der Waals surface area contributed by atoms with E-state index in [0.717, 1.165) is 18.5 Å². The number of carbonyl (C=O) groups excluding carboxylic acids is 1. The fraction of sp³-hybridized carbons (Fsp3) is 0.481. The van der Waals surface area contributed by atoms with Crippen molar-refractivity contribution in [2.75, 3.05) is 68.0 Å². The molecular formula is C27H30ClN11O2. The molecule has 2 N–H and O–H groups in total. The number of aromatic nitrogens is 4. The Labute approximate surface area is 242 Å². The number of fused-ring (bicyclic) bond motifs is 1. The first kappa shape index (κ1) is 27.0. The fourth-order valence-electron chi connectivity index (χ4n) is 5.25. The minimum Gasteiger partial charge on any atom is -0.378 e. The second-order valence-electron chi connectivity index (χ2n) is 10.6. The molecule has 6 rings (SSSR count). The van der Waals surface area contributed by atoms with Crippen molar-refractivity contribution in [1.29, 1.82) is 10.5 Å². The Morgan fingerprint density at radius 1 is 1.15 bits per heavy atom. The highest BCUT2D eigenvalue weighted by molar-refractivity contribution is 6.36. The smallest absolute Gasteiger partial charge is 0.236 e. The van der Waals surface area contributed by atoms with Crippen LogP contribution in [0.25, 0.3) is 5.65 Å². The second kappa shape index (κ2) is 11.4. The lowest BCUT2D eigenvalue weighted by molar-refractivity contribution is -0.136. The number of carbonyl (C=O) groups is 1. The van der Waals surface area contributed by atoms with Crippen LogP contribution in [0.15, 0.2) is 18.3 Å². The van der Waals surface area contributed by atoms with E-state index in [1.807, 2.05) is 4.90 Å². The van der Waals surface area contributed by atoms with Gasteiger partial charge < -0.3 is 25.2 Å². The minimum atomic E-state index is 0.0486. The average molecular weight is 576 g/mol. The Kier molecular flexibility index (Phi) is 7.49. The number of piperazine rings is 1. The SMILES string of the molecule is C[C@H]1CN(CC(=O)N2CCOCC2)CCN1c1cc(C#N)cc(Nc2nc(NC3CC3)n3ncc(C#N)c3n2)c1Cl. The van der Waals surface area contributed by atoms with Crippen molar-refractivity contribution in [2.45, 2.75) is 31.8 Å². The number of morpholine rings is 1. The first-order valence-electron chi connectivity index (χ1n) is 13.7. The van der Waals surface area contributed by atoms with Crippen LogP contribution in [-0.2, 0) is 9.53 Å². The van der Waals surface area contributed by atoms with Gasteiger partial charge in [0.15, 0.2) is 5.65 Å². The molecule has 212 valence electrons. The molecule has 4 heterocycles. The van der Waals surface area contributed by atoms with Crippen LogP contribution in [0, 0.1) is 22.7 Å². The number of amides is 1. The molecule has 0 spiro atoms. The maximum absolute atomic E-state index is 12.8. The summed E-state index contributed by atoms with van der Waals surface area (Å²) in [5, 5.41) is 30.6. The summed E-state index contributed by atoms with van der Waals surface area (Å²) in [6.45, 7) is 6.90. The van der Waals surface area contributed by atoms with Crippen LogP contribution >= 0.6 is 11.6 Å². The molecule has 41 heavy (non-hydrogen) atoms. The first-order chi connectivity index (χ1) is 19.9. The molecule has 3 aromatic rings. The van der Waals surface area contributed by atoms with Gasteiger partial charge in [0.2, 0.25) is 17.8 Å². The van der Waals surface area contributed by atoms with Gasteiger partial charge in [0.1, 0.15) is 11.6 Å². The zero-order valence-electron chi connectivity index (χ0n) is 22.7.